The first kappa shape index (κ1) is 15.6. The van der Waals surface area contributed by atoms with Crippen LogP contribution < -0.4 is 0 Å². The van der Waals surface area contributed by atoms with Crippen molar-refractivity contribution in [2.24, 2.45) is 9.98 Å². The summed E-state index contributed by atoms with van der Waals surface area (Å²) in [5.74, 6) is 0.607. The zero-order valence-electron chi connectivity index (χ0n) is 11.8. The summed E-state index contributed by atoms with van der Waals surface area (Å²) in [5.41, 5.74) is 1.20. The van der Waals surface area contributed by atoms with Crippen LogP contribution in [0.4, 0.5) is 0 Å². The Hall–Kier alpha value is -1.45. The lowest BCUT2D eigenvalue weighted by molar-refractivity contribution is 0.0609. The van der Waals surface area contributed by atoms with E-state index in [1.54, 1.807) is 20.4 Å². The Morgan fingerprint density at radius 3 is 2.63 bits per heavy atom. The third kappa shape index (κ3) is 4.30. The van der Waals surface area contributed by atoms with Gasteiger partial charge >= 0.3 is 0 Å². The van der Waals surface area contributed by atoms with E-state index in [1.807, 2.05) is 38.1 Å². The van der Waals surface area contributed by atoms with Gasteiger partial charge in [0.05, 0.1) is 5.60 Å². The molecular formula is C15H19ClN2O. The number of aliphatic imine (C=N–C) groups is 2. The molecule has 0 atom stereocenters. The van der Waals surface area contributed by atoms with Crippen molar-refractivity contribution in [3.8, 4) is 0 Å². The van der Waals surface area contributed by atoms with E-state index >= 15 is 0 Å². The lowest BCUT2D eigenvalue weighted by Gasteiger charge is -2.22. The smallest absolute Gasteiger partial charge is 0.154 e. The van der Waals surface area contributed by atoms with Crippen LogP contribution >= 0.6 is 11.6 Å². The standard InChI is InChI=1S/C15H19ClN2O/c1-11(15(2,3)19-5)10-18-14(17-4)12-7-6-8-13(16)9-12/h6-10H,1H2,2-5H3. The molecule has 0 saturated heterocycles. The first-order chi connectivity index (χ1) is 8.90. The maximum atomic E-state index is 5.96. The molecule has 0 amide bonds. The number of benzene rings is 1. The molecule has 0 aromatic heterocycles. The van der Waals surface area contributed by atoms with E-state index in [2.05, 4.69) is 16.6 Å². The number of halogens is 1. The lowest BCUT2D eigenvalue weighted by Crippen LogP contribution is -2.25. The third-order valence-electron chi connectivity index (χ3n) is 2.92. The summed E-state index contributed by atoms with van der Waals surface area (Å²) in [4.78, 5) is 8.51. The fourth-order valence-electron chi connectivity index (χ4n) is 1.31. The van der Waals surface area contributed by atoms with Gasteiger partial charge in [-0.15, -0.1) is 0 Å². The maximum absolute atomic E-state index is 5.96. The Morgan fingerprint density at radius 1 is 1.42 bits per heavy atom. The summed E-state index contributed by atoms with van der Waals surface area (Å²) < 4.78 is 5.34. The summed E-state index contributed by atoms with van der Waals surface area (Å²) in [5, 5.41) is 0.657. The normalized spacial score (nSPS) is 13.0. The van der Waals surface area contributed by atoms with E-state index in [4.69, 9.17) is 16.3 Å². The number of rotatable bonds is 4. The van der Waals surface area contributed by atoms with Crippen LogP contribution in [0.15, 0.2) is 46.4 Å². The highest BCUT2D eigenvalue weighted by Gasteiger charge is 2.19. The second-order valence-electron chi connectivity index (χ2n) is 4.56. The van der Waals surface area contributed by atoms with Gasteiger partial charge in [0.25, 0.3) is 0 Å². The summed E-state index contributed by atoms with van der Waals surface area (Å²) >= 11 is 5.96. The molecule has 0 fully saturated rings. The molecule has 0 heterocycles. The van der Waals surface area contributed by atoms with Crippen LogP contribution in [-0.2, 0) is 4.74 Å². The minimum atomic E-state index is -0.448. The number of nitrogens with zero attached hydrogens (tertiary/aromatic N) is 2. The minimum Gasteiger partial charge on any atom is -0.374 e. The monoisotopic (exact) mass is 278 g/mol. The van der Waals surface area contributed by atoms with Crippen LogP contribution in [0, 0.1) is 0 Å². The van der Waals surface area contributed by atoms with Crippen LogP contribution in [0.3, 0.4) is 0 Å². The highest BCUT2D eigenvalue weighted by molar-refractivity contribution is 6.31. The molecule has 0 spiro atoms. The highest BCUT2D eigenvalue weighted by atomic mass is 35.5. The van der Waals surface area contributed by atoms with E-state index in [1.165, 1.54) is 0 Å². The van der Waals surface area contributed by atoms with Gasteiger partial charge in [-0.2, -0.15) is 0 Å². The predicted molar refractivity (Wildman–Crippen MR) is 82.6 cm³/mol. The van der Waals surface area contributed by atoms with E-state index < -0.39 is 5.60 Å². The zero-order chi connectivity index (χ0) is 14.5. The average Bonchev–Trinajstić information content (AvgIpc) is 2.39. The van der Waals surface area contributed by atoms with E-state index in [9.17, 15) is 0 Å². The molecule has 3 nitrogen and oxygen atoms in total. The molecule has 0 aliphatic heterocycles. The molecule has 102 valence electrons. The number of ether oxygens (including phenoxy) is 1. The largest absolute Gasteiger partial charge is 0.374 e. The Bertz CT molecular complexity index is 519. The molecule has 1 rings (SSSR count). The molecule has 1 aromatic carbocycles. The Kier molecular flexibility index (Phi) is 5.45. The Balaban J connectivity index is 2.94. The maximum Gasteiger partial charge on any atom is 0.154 e. The van der Waals surface area contributed by atoms with Gasteiger partial charge in [0, 0.05) is 31.0 Å². The van der Waals surface area contributed by atoms with Gasteiger partial charge in [0.2, 0.25) is 0 Å². The predicted octanol–water partition coefficient (Wildman–Crippen LogP) is 3.77. The average molecular weight is 279 g/mol. The minimum absolute atomic E-state index is 0.448. The van der Waals surface area contributed by atoms with Gasteiger partial charge in [-0.1, -0.05) is 30.3 Å². The van der Waals surface area contributed by atoms with E-state index in [0.717, 1.165) is 11.1 Å². The molecule has 19 heavy (non-hydrogen) atoms. The number of methoxy groups -OCH3 is 1. The van der Waals surface area contributed by atoms with Crippen LogP contribution in [0.25, 0.3) is 0 Å². The van der Waals surface area contributed by atoms with Gasteiger partial charge in [0.1, 0.15) is 0 Å². The Labute approximate surface area is 119 Å². The van der Waals surface area contributed by atoms with Crippen molar-refractivity contribution in [2.45, 2.75) is 19.4 Å². The first-order valence-electron chi connectivity index (χ1n) is 5.92. The molecule has 1 aromatic rings. The van der Waals surface area contributed by atoms with Crippen molar-refractivity contribution in [2.75, 3.05) is 14.2 Å². The second-order valence-corrected chi connectivity index (χ2v) is 4.99. The highest BCUT2D eigenvalue weighted by Crippen LogP contribution is 2.17. The van der Waals surface area contributed by atoms with Crippen molar-refractivity contribution in [1.82, 2.24) is 0 Å². The topological polar surface area (TPSA) is 34.0 Å². The first-order valence-corrected chi connectivity index (χ1v) is 6.30. The third-order valence-corrected chi connectivity index (χ3v) is 3.16. The van der Waals surface area contributed by atoms with Crippen molar-refractivity contribution in [1.29, 1.82) is 0 Å². The van der Waals surface area contributed by atoms with Crippen LogP contribution in [0.2, 0.25) is 5.02 Å². The van der Waals surface area contributed by atoms with Gasteiger partial charge in [0.15, 0.2) is 5.84 Å². The SMILES string of the molecule is C=C(C=NC(=NC)c1cccc(Cl)c1)C(C)(C)OC. The summed E-state index contributed by atoms with van der Waals surface area (Å²) in [6, 6.07) is 7.42. The van der Waals surface area contributed by atoms with Crippen LogP contribution in [0.5, 0.6) is 0 Å². The fourth-order valence-corrected chi connectivity index (χ4v) is 1.50. The molecule has 0 aliphatic carbocycles. The summed E-state index contributed by atoms with van der Waals surface area (Å²) in [7, 11) is 3.34. The molecule has 0 unspecified atom stereocenters. The van der Waals surface area contributed by atoms with Crippen LogP contribution in [0.1, 0.15) is 19.4 Å². The fraction of sp³-hybridized carbons (Fsp3) is 0.333. The molecule has 4 heteroatoms. The van der Waals surface area contributed by atoms with Crippen LogP contribution in [-0.4, -0.2) is 31.8 Å². The van der Waals surface area contributed by atoms with Gasteiger partial charge in [-0.05, 0) is 31.6 Å². The van der Waals surface area contributed by atoms with Gasteiger partial charge < -0.3 is 4.74 Å². The van der Waals surface area contributed by atoms with Gasteiger partial charge in [-0.3, -0.25) is 4.99 Å². The van der Waals surface area contributed by atoms with Crippen molar-refractivity contribution in [3.63, 3.8) is 0 Å². The van der Waals surface area contributed by atoms with E-state index in [-0.39, 0.29) is 0 Å². The van der Waals surface area contributed by atoms with Crippen molar-refractivity contribution >= 4 is 23.7 Å². The quantitative estimate of drug-likeness (QED) is 0.610. The number of hydrogen-bond acceptors (Lipinski definition) is 2. The van der Waals surface area contributed by atoms with Gasteiger partial charge in [-0.25, -0.2) is 4.99 Å². The summed E-state index contributed by atoms with van der Waals surface area (Å²) in [6.07, 6.45) is 1.67. The molecule has 0 saturated carbocycles. The second kappa shape index (κ2) is 6.64. The van der Waals surface area contributed by atoms with Crippen molar-refractivity contribution < 1.29 is 4.74 Å². The van der Waals surface area contributed by atoms with Crippen molar-refractivity contribution in [3.05, 3.63) is 47.0 Å². The summed E-state index contributed by atoms with van der Waals surface area (Å²) in [6.45, 7) is 7.83. The lowest BCUT2D eigenvalue weighted by atomic mass is 10.0. The molecule has 0 bridgehead atoms. The molecule has 0 N–H and O–H groups in total. The molecular weight excluding hydrogens is 260 g/mol. The molecule has 0 aliphatic rings. The molecule has 0 radical (unpaired) electrons. The number of amidine groups is 1. The Morgan fingerprint density at radius 2 is 2.11 bits per heavy atom. The zero-order valence-corrected chi connectivity index (χ0v) is 12.5. The number of hydrogen-bond donors (Lipinski definition) is 0. The van der Waals surface area contributed by atoms with E-state index in [0.29, 0.717) is 10.9 Å².